The minimum absolute atomic E-state index is 0.619. The number of thioether (sulfide) groups is 1. The molecule has 0 spiro atoms. The fourth-order valence-corrected chi connectivity index (χ4v) is 2.71. The summed E-state index contributed by atoms with van der Waals surface area (Å²) >= 11 is 13.7. The summed E-state index contributed by atoms with van der Waals surface area (Å²) in [4.78, 5) is 1.18. The average molecular weight is 292 g/mol. The third-order valence-electron chi connectivity index (χ3n) is 2.35. The Morgan fingerprint density at radius 3 is 2.71 bits per heavy atom. The van der Waals surface area contributed by atoms with E-state index in [4.69, 9.17) is 23.2 Å². The maximum Gasteiger partial charge on any atom is 0.0603 e. The quantitative estimate of drug-likeness (QED) is 0.576. The molecule has 0 amide bonds. The fraction of sp³-hybridized carbons (Fsp3) is 0.538. The van der Waals surface area contributed by atoms with E-state index < -0.39 is 0 Å². The molecule has 1 unspecified atom stereocenters. The molecule has 1 aromatic carbocycles. The SMILES string of the molecule is CCCNCC(C)CSc1ccc(Cl)c(Cl)c1. The van der Waals surface area contributed by atoms with E-state index in [-0.39, 0.29) is 0 Å². The van der Waals surface area contributed by atoms with E-state index in [1.54, 1.807) is 0 Å². The first-order chi connectivity index (χ1) is 8.13. The van der Waals surface area contributed by atoms with Crippen LogP contribution in [0.2, 0.25) is 10.0 Å². The van der Waals surface area contributed by atoms with Crippen LogP contribution in [0.5, 0.6) is 0 Å². The summed E-state index contributed by atoms with van der Waals surface area (Å²) in [5, 5.41) is 4.68. The molecule has 0 heterocycles. The largest absolute Gasteiger partial charge is 0.316 e. The summed E-state index contributed by atoms with van der Waals surface area (Å²) in [6, 6.07) is 5.80. The van der Waals surface area contributed by atoms with Crippen LogP contribution in [0.3, 0.4) is 0 Å². The molecule has 1 rings (SSSR count). The fourth-order valence-electron chi connectivity index (χ4n) is 1.39. The van der Waals surface area contributed by atoms with Crippen molar-refractivity contribution in [3.63, 3.8) is 0 Å². The summed E-state index contributed by atoms with van der Waals surface area (Å²) in [5.74, 6) is 1.75. The molecule has 4 heteroatoms. The Morgan fingerprint density at radius 2 is 2.06 bits per heavy atom. The number of nitrogens with one attached hydrogen (secondary N) is 1. The lowest BCUT2D eigenvalue weighted by Crippen LogP contribution is -2.23. The van der Waals surface area contributed by atoms with Crippen LogP contribution in [0.25, 0.3) is 0 Å². The molecule has 0 radical (unpaired) electrons. The van der Waals surface area contributed by atoms with Gasteiger partial charge in [-0.25, -0.2) is 0 Å². The van der Waals surface area contributed by atoms with Crippen LogP contribution < -0.4 is 5.32 Å². The van der Waals surface area contributed by atoms with Gasteiger partial charge in [-0.3, -0.25) is 0 Å². The van der Waals surface area contributed by atoms with Gasteiger partial charge in [-0.2, -0.15) is 0 Å². The molecule has 1 nitrogen and oxygen atoms in total. The Hall–Kier alpha value is 0.110. The highest BCUT2D eigenvalue weighted by molar-refractivity contribution is 7.99. The molecule has 0 aliphatic carbocycles. The van der Waals surface area contributed by atoms with Gasteiger partial charge in [-0.05, 0) is 43.6 Å². The Bertz CT molecular complexity index is 344. The topological polar surface area (TPSA) is 12.0 Å². The molecule has 17 heavy (non-hydrogen) atoms. The zero-order valence-corrected chi connectivity index (χ0v) is 12.6. The van der Waals surface area contributed by atoms with Gasteiger partial charge in [0.05, 0.1) is 10.0 Å². The Balaban J connectivity index is 2.31. The van der Waals surface area contributed by atoms with E-state index in [1.807, 2.05) is 30.0 Å². The summed E-state index contributed by atoms with van der Waals surface area (Å²) in [7, 11) is 0. The number of rotatable bonds is 7. The molecule has 0 fully saturated rings. The van der Waals surface area contributed by atoms with Crippen LogP contribution in [-0.4, -0.2) is 18.8 Å². The summed E-state index contributed by atoms with van der Waals surface area (Å²) < 4.78 is 0. The lowest BCUT2D eigenvalue weighted by molar-refractivity contribution is 0.557. The smallest absolute Gasteiger partial charge is 0.0603 e. The van der Waals surface area contributed by atoms with Crippen LogP contribution in [0.15, 0.2) is 23.1 Å². The van der Waals surface area contributed by atoms with Crippen molar-refractivity contribution in [2.75, 3.05) is 18.8 Å². The minimum atomic E-state index is 0.619. The van der Waals surface area contributed by atoms with E-state index in [1.165, 1.54) is 11.3 Å². The van der Waals surface area contributed by atoms with Crippen molar-refractivity contribution in [2.24, 2.45) is 5.92 Å². The molecule has 1 atom stereocenters. The van der Waals surface area contributed by atoms with Crippen molar-refractivity contribution in [1.29, 1.82) is 0 Å². The number of hydrogen-bond acceptors (Lipinski definition) is 2. The molecule has 0 aliphatic rings. The number of hydrogen-bond donors (Lipinski definition) is 1. The maximum atomic E-state index is 5.97. The van der Waals surface area contributed by atoms with Crippen molar-refractivity contribution in [3.8, 4) is 0 Å². The van der Waals surface area contributed by atoms with Gasteiger partial charge in [0, 0.05) is 10.6 Å². The zero-order valence-electron chi connectivity index (χ0n) is 10.3. The second-order valence-corrected chi connectivity index (χ2v) is 6.10. The molecule has 0 aliphatic heterocycles. The molecule has 0 bridgehead atoms. The number of benzene rings is 1. The van der Waals surface area contributed by atoms with E-state index >= 15 is 0 Å². The van der Waals surface area contributed by atoms with Gasteiger partial charge in [0.25, 0.3) is 0 Å². The van der Waals surface area contributed by atoms with Gasteiger partial charge in [-0.15, -0.1) is 11.8 Å². The monoisotopic (exact) mass is 291 g/mol. The summed E-state index contributed by atoms with van der Waals surface area (Å²) in [6.07, 6.45) is 1.19. The third-order valence-corrected chi connectivity index (χ3v) is 4.41. The highest BCUT2D eigenvalue weighted by Gasteiger charge is 2.04. The summed E-state index contributed by atoms with van der Waals surface area (Å²) in [6.45, 7) is 6.61. The van der Waals surface area contributed by atoms with Crippen LogP contribution in [0.4, 0.5) is 0 Å². The lowest BCUT2D eigenvalue weighted by Gasteiger charge is -2.12. The van der Waals surface area contributed by atoms with Crippen molar-refractivity contribution < 1.29 is 0 Å². The van der Waals surface area contributed by atoms with Gasteiger partial charge in [-0.1, -0.05) is 37.0 Å². The first-order valence-corrected chi connectivity index (χ1v) is 7.66. The van der Waals surface area contributed by atoms with E-state index in [0.717, 1.165) is 18.8 Å². The van der Waals surface area contributed by atoms with E-state index in [0.29, 0.717) is 16.0 Å². The Kier molecular flexibility index (Phi) is 7.36. The number of halogens is 2. The van der Waals surface area contributed by atoms with Crippen molar-refractivity contribution >= 4 is 35.0 Å². The molecular weight excluding hydrogens is 273 g/mol. The second-order valence-electron chi connectivity index (χ2n) is 4.20. The predicted octanol–water partition coefficient (Wildman–Crippen LogP) is 4.72. The minimum Gasteiger partial charge on any atom is -0.316 e. The Labute approximate surface area is 118 Å². The first-order valence-electron chi connectivity index (χ1n) is 5.92. The third kappa shape index (κ3) is 6.01. The second kappa shape index (κ2) is 8.25. The highest BCUT2D eigenvalue weighted by Crippen LogP contribution is 2.28. The molecule has 1 N–H and O–H groups in total. The van der Waals surface area contributed by atoms with Crippen LogP contribution in [-0.2, 0) is 0 Å². The van der Waals surface area contributed by atoms with E-state index in [9.17, 15) is 0 Å². The van der Waals surface area contributed by atoms with Gasteiger partial charge < -0.3 is 5.32 Å². The van der Waals surface area contributed by atoms with Crippen molar-refractivity contribution in [2.45, 2.75) is 25.2 Å². The van der Waals surface area contributed by atoms with Crippen molar-refractivity contribution in [1.82, 2.24) is 5.32 Å². The molecule has 0 saturated heterocycles. The average Bonchev–Trinajstić information content (AvgIpc) is 2.31. The lowest BCUT2D eigenvalue weighted by atomic mass is 10.2. The standard InChI is InChI=1S/C13H19Cl2NS/c1-3-6-16-8-10(2)9-17-11-4-5-12(14)13(15)7-11/h4-5,7,10,16H,3,6,8-9H2,1-2H3. The predicted molar refractivity (Wildman–Crippen MR) is 79.5 cm³/mol. The normalized spacial score (nSPS) is 12.7. The van der Waals surface area contributed by atoms with Gasteiger partial charge >= 0.3 is 0 Å². The first kappa shape index (κ1) is 15.2. The van der Waals surface area contributed by atoms with Crippen molar-refractivity contribution in [3.05, 3.63) is 28.2 Å². The molecule has 0 aromatic heterocycles. The van der Waals surface area contributed by atoms with Crippen LogP contribution >= 0.6 is 35.0 Å². The zero-order chi connectivity index (χ0) is 12.7. The van der Waals surface area contributed by atoms with E-state index in [2.05, 4.69) is 19.2 Å². The van der Waals surface area contributed by atoms with Gasteiger partial charge in [0.1, 0.15) is 0 Å². The molecule has 96 valence electrons. The summed E-state index contributed by atoms with van der Waals surface area (Å²) in [5.41, 5.74) is 0. The van der Waals surface area contributed by atoms with Crippen LogP contribution in [0, 0.1) is 5.92 Å². The van der Waals surface area contributed by atoms with Crippen LogP contribution in [0.1, 0.15) is 20.3 Å². The Morgan fingerprint density at radius 1 is 1.29 bits per heavy atom. The highest BCUT2D eigenvalue weighted by atomic mass is 35.5. The molecular formula is C13H19Cl2NS. The van der Waals surface area contributed by atoms with Gasteiger partial charge in [0.2, 0.25) is 0 Å². The maximum absolute atomic E-state index is 5.97. The van der Waals surface area contributed by atoms with Gasteiger partial charge in [0.15, 0.2) is 0 Å². The molecule has 0 saturated carbocycles. The molecule has 1 aromatic rings.